The van der Waals surface area contributed by atoms with Gasteiger partial charge in [-0.05, 0) is 31.4 Å². The molecule has 1 aromatic carbocycles. The molecule has 1 unspecified atom stereocenters. The fourth-order valence-electron chi connectivity index (χ4n) is 3.08. The maximum absolute atomic E-state index is 13.7. The van der Waals surface area contributed by atoms with Crippen molar-refractivity contribution < 1.29 is 14.3 Å². The predicted octanol–water partition coefficient (Wildman–Crippen LogP) is 2.92. The maximum Gasteiger partial charge on any atom is 0.329 e. The summed E-state index contributed by atoms with van der Waals surface area (Å²) in [6.07, 6.45) is 2.47. The van der Waals surface area contributed by atoms with E-state index in [0.717, 1.165) is 12.8 Å². The van der Waals surface area contributed by atoms with Gasteiger partial charge >= 0.3 is 5.97 Å². The van der Waals surface area contributed by atoms with Crippen LogP contribution in [0.5, 0.6) is 0 Å². The number of hydrogen-bond donors (Lipinski definition) is 1. The van der Waals surface area contributed by atoms with Gasteiger partial charge in [-0.25, -0.2) is 9.18 Å². The lowest BCUT2D eigenvalue weighted by Crippen LogP contribution is -2.51. The lowest BCUT2D eigenvalue weighted by atomic mass is 9.90. The quantitative estimate of drug-likeness (QED) is 0.918. The summed E-state index contributed by atoms with van der Waals surface area (Å²) in [7, 11) is 0. The van der Waals surface area contributed by atoms with Crippen LogP contribution in [0.4, 0.5) is 10.1 Å². The molecule has 20 heavy (non-hydrogen) atoms. The Morgan fingerprint density at radius 2 is 2.35 bits per heavy atom. The Kier molecular flexibility index (Phi) is 3.93. The number of nitrogens with zero attached hydrogens (tertiary/aromatic N) is 2. The molecule has 1 N–H and O–H groups in total. The molecule has 1 aliphatic rings. The van der Waals surface area contributed by atoms with Crippen LogP contribution in [0.2, 0.25) is 0 Å². The Hall–Kier alpha value is -2.09. The fourth-order valence-corrected chi connectivity index (χ4v) is 3.08. The van der Waals surface area contributed by atoms with Gasteiger partial charge in [0.05, 0.1) is 5.69 Å². The van der Waals surface area contributed by atoms with Gasteiger partial charge in [0.2, 0.25) is 0 Å². The van der Waals surface area contributed by atoms with Crippen molar-refractivity contribution in [2.45, 2.75) is 38.1 Å². The molecule has 0 radical (unpaired) electrons. The van der Waals surface area contributed by atoms with Gasteiger partial charge in [0, 0.05) is 6.54 Å². The van der Waals surface area contributed by atoms with E-state index in [1.54, 1.807) is 11.0 Å². The molecule has 0 bridgehead atoms. The van der Waals surface area contributed by atoms with Gasteiger partial charge in [0.25, 0.3) is 0 Å². The van der Waals surface area contributed by atoms with Gasteiger partial charge in [-0.3, -0.25) is 0 Å². The summed E-state index contributed by atoms with van der Waals surface area (Å²) in [5, 5.41) is 18.8. The first-order valence-corrected chi connectivity index (χ1v) is 6.76. The maximum atomic E-state index is 13.7. The number of aliphatic carboxylic acids is 1. The van der Waals surface area contributed by atoms with Gasteiger partial charge in [0.15, 0.2) is 0 Å². The number of carbonyl (C=O) groups is 1. The third kappa shape index (κ3) is 2.11. The van der Waals surface area contributed by atoms with Crippen LogP contribution in [-0.4, -0.2) is 23.2 Å². The van der Waals surface area contributed by atoms with Crippen LogP contribution in [0, 0.1) is 17.1 Å². The minimum atomic E-state index is -1.02. The van der Waals surface area contributed by atoms with Crippen molar-refractivity contribution in [1.29, 1.82) is 5.26 Å². The Morgan fingerprint density at radius 3 is 2.95 bits per heavy atom. The monoisotopic (exact) mass is 276 g/mol. The number of benzene rings is 1. The lowest BCUT2D eigenvalue weighted by molar-refractivity contribution is -0.143. The SMILES string of the molecule is CCCC1(C(=O)O)CCCN1c1cccc(F)c1C#N. The molecule has 1 saturated heterocycles. The summed E-state index contributed by atoms with van der Waals surface area (Å²) in [4.78, 5) is 13.5. The fraction of sp³-hybridized carbons (Fsp3) is 0.467. The summed E-state index contributed by atoms with van der Waals surface area (Å²) in [6, 6.07) is 6.21. The minimum absolute atomic E-state index is 0.0730. The average Bonchev–Trinajstić information content (AvgIpc) is 2.83. The normalized spacial score (nSPS) is 21.8. The Balaban J connectivity index is 2.54. The van der Waals surface area contributed by atoms with E-state index in [-0.39, 0.29) is 5.56 Å². The Morgan fingerprint density at radius 1 is 1.60 bits per heavy atom. The van der Waals surface area contributed by atoms with E-state index in [2.05, 4.69) is 0 Å². The highest BCUT2D eigenvalue weighted by Crippen LogP contribution is 2.39. The summed E-state index contributed by atoms with van der Waals surface area (Å²) in [5.41, 5.74) is -0.703. The highest BCUT2D eigenvalue weighted by Gasteiger charge is 2.47. The van der Waals surface area contributed by atoms with Gasteiger partial charge in [-0.15, -0.1) is 0 Å². The molecule has 0 aromatic heterocycles. The van der Waals surface area contributed by atoms with Gasteiger partial charge in [-0.1, -0.05) is 19.4 Å². The molecule has 0 amide bonds. The first-order chi connectivity index (χ1) is 9.56. The second-order valence-electron chi connectivity index (χ2n) is 5.09. The highest BCUT2D eigenvalue weighted by molar-refractivity contribution is 5.85. The van der Waals surface area contributed by atoms with Crippen molar-refractivity contribution in [3.63, 3.8) is 0 Å². The minimum Gasteiger partial charge on any atom is -0.479 e. The second kappa shape index (κ2) is 5.49. The van der Waals surface area contributed by atoms with Crippen LogP contribution < -0.4 is 4.90 Å². The van der Waals surface area contributed by atoms with Crippen LogP contribution in [-0.2, 0) is 4.79 Å². The third-order valence-electron chi connectivity index (χ3n) is 3.94. The summed E-state index contributed by atoms with van der Waals surface area (Å²) in [6.45, 7) is 2.46. The standard InChI is InChI=1S/C15H17FN2O2/c1-2-7-15(14(19)20)8-4-9-18(15)13-6-3-5-12(16)11(13)10-17/h3,5-6H,2,4,7-9H2,1H3,(H,19,20). The summed E-state index contributed by atoms with van der Waals surface area (Å²) < 4.78 is 13.7. The van der Waals surface area contributed by atoms with E-state index in [9.17, 15) is 14.3 Å². The molecule has 106 valence electrons. The number of anilines is 1. The Labute approximate surface area is 117 Å². The van der Waals surface area contributed by atoms with Crippen LogP contribution >= 0.6 is 0 Å². The molecule has 4 nitrogen and oxygen atoms in total. The van der Waals surface area contributed by atoms with Gasteiger partial charge < -0.3 is 10.0 Å². The van der Waals surface area contributed by atoms with Crippen molar-refractivity contribution in [3.05, 3.63) is 29.6 Å². The smallest absolute Gasteiger partial charge is 0.329 e. The van der Waals surface area contributed by atoms with Crippen molar-refractivity contribution >= 4 is 11.7 Å². The van der Waals surface area contributed by atoms with Crippen LogP contribution in [0.25, 0.3) is 0 Å². The molecule has 5 heteroatoms. The number of halogens is 1. The van der Waals surface area contributed by atoms with Gasteiger partial charge in [0.1, 0.15) is 23.0 Å². The molecule has 1 aromatic rings. The summed E-state index contributed by atoms with van der Waals surface area (Å²) >= 11 is 0. The van der Waals surface area contributed by atoms with Crippen molar-refractivity contribution in [2.75, 3.05) is 11.4 Å². The number of nitriles is 1. The van der Waals surface area contributed by atoms with E-state index in [4.69, 9.17) is 5.26 Å². The van der Waals surface area contributed by atoms with Crippen LogP contribution in [0.1, 0.15) is 38.2 Å². The number of rotatable bonds is 4. The number of carboxylic acid groups (broad SMARTS) is 1. The molecular formula is C15H17FN2O2. The first kappa shape index (κ1) is 14.3. The second-order valence-corrected chi connectivity index (χ2v) is 5.09. The van der Waals surface area contributed by atoms with Crippen molar-refractivity contribution in [2.24, 2.45) is 0 Å². The molecule has 0 aliphatic carbocycles. The predicted molar refractivity (Wildman–Crippen MR) is 73.0 cm³/mol. The zero-order chi connectivity index (χ0) is 14.8. The highest BCUT2D eigenvalue weighted by atomic mass is 19.1. The zero-order valence-electron chi connectivity index (χ0n) is 11.4. The van der Waals surface area contributed by atoms with Crippen molar-refractivity contribution in [1.82, 2.24) is 0 Å². The zero-order valence-corrected chi connectivity index (χ0v) is 11.4. The van der Waals surface area contributed by atoms with Crippen LogP contribution in [0.3, 0.4) is 0 Å². The average molecular weight is 276 g/mol. The molecule has 1 aliphatic heterocycles. The molecule has 0 saturated carbocycles. The molecule has 1 atom stereocenters. The number of hydrogen-bond acceptors (Lipinski definition) is 3. The van der Waals surface area contributed by atoms with E-state index in [1.807, 2.05) is 13.0 Å². The van der Waals surface area contributed by atoms with Crippen LogP contribution in [0.15, 0.2) is 18.2 Å². The van der Waals surface area contributed by atoms with E-state index in [0.29, 0.717) is 25.1 Å². The Bertz CT molecular complexity index is 567. The van der Waals surface area contributed by atoms with Crippen molar-refractivity contribution in [3.8, 4) is 6.07 Å². The number of carboxylic acids is 1. The van der Waals surface area contributed by atoms with Gasteiger partial charge in [-0.2, -0.15) is 5.26 Å². The topological polar surface area (TPSA) is 64.3 Å². The lowest BCUT2D eigenvalue weighted by Gasteiger charge is -2.36. The summed E-state index contributed by atoms with van der Waals surface area (Å²) in [5.74, 6) is -1.50. The van der Waals surface area contributed by atoms with E-state index in [1.165, 1.54) is 12.1 Å². The van der Waals surface area contributed by atoms with E-state index >= 15 is 0 Å². The molecule has 0 spiro atoms. The third-order valence-corrected chi connectivity index (χ3v) is 3.94. The molecule has 1 heterocycles. The first-order valence-electron chi connectivity index (χ1n) is 6.76. The molecule has 1 fully saturated rings. The molecular weight excluding hydrogens is 259 g/mol. The largest absolute Gasteiger partial charge is 0.479 e. The van der Waals surface area contributed by atoms with E-state index < -0.39 is 17.3 Å². The molecule has 2 rings (SSSR count).